The number of ether oxygens (including phenoxy) is 2. The molecule has 0 saturated carbocycles. The third-order valence-corrected chi connectivity index (χ3v) is 8.36. The van der Waals surface area contributed by atoms with Gasteiger partial charge in [-0.2, -0.15) is 0 Å². The van der Waals surface area contributed by atoms with Crippen LogP contribution in [0.15, 0.2) is 0 Å². The first-order valence-electron chi connectivity index (χ1n) is 18.4. The zero-order chi connectivity index (χ0) is 30.1. The van der Waals surface area contributed by atoms with E-state index in [4.69, 9.17) is 9.47 Å². The highest BCUT2D eigenvalue weighted by molar-refractivity contribution is 5.69. The van der Waals surface area contributed by atoms with Crippen LogP contribution >= 0.6 is 0 Å². The molecule has 0 saturated heterocycles. The summed E-state index contributed by atoms with van der Waals surface area (Å²) in [5.74, 6) is 0.459. The maximum atomic E-state index is 11.9. The second-order valence-electron chi connectivity index (χ2n) is 12.8. The van der Waals surface area contributed by atoms with Crippen molar-refractivity contribution in [3.05, 3.63) is 0 Å². The molecule has 0 aliphatic carbocycles. The Morgan fingerprint density at radius 3 is 1.20 bits per heavy atom. The fourth-order valence-corrected chi connectivity index (χ4v) is 5.54. The molecule has 0 spiro atoms. The summed E-state index contributed by atoms with van der Waals surface area (Å²) in [5, 5.41) is 0. The quantitative estimate of drug-likeness (QED) is 0.0572. The molecule has 0 N–H and O–H groups in total. The van der Waals surface area contributed by atoms with E-state index in [1.165, 1.54) is 148 Å². The van der Waals surface area contributed by atoms with E-state index in [2.05, 4.69) is 20.8 Å². The molecule has 1 atom stereocenters. The van der Waals surface area contributed by atoms with Gasteiger partial charge in [0.05, 0.1) is 13.2 Å². The molecule has 0 rings (SSSR count). The van der Waals surface area contributed by atoms with Gasteiger partial charge in [-0.1, -0.05) is 175 Å². The van der Waals surface area contributed by atoms with Crippen LogP contribution in [0, 0.1) is 5.92 Å². The van der Waals surface area contributed by atoms with Gasteiger partial charge in [-0.05, 0) is 25.2 Å². The van der Waals surface area contributed by atoms with Crippen LogP contribution in [-0.4, -0.2) is 25.2 Å². The molecule has 0 aliphatic heterocycles. The predicted octanol–water partition coefficient (Wildman–Crippen LogP) is 12.1. The SMILES string of the molecule is CCCCCCOC(=O)CCCCCCCCCCCCCCCCCCCCC(C)CC(=O)OCCCCCC. The number of carbonyl (C=O) groups excluding carboxylic acids is 2. The van der Waals surface area contributed by atoms with Gasteiger partial charge in [0.1, 0.15) is 0 Å². The zero-order valence-corrected chi connectivity index (χ0v) is 28.1. The van der Waals surface area contributed by atoms with Crippen molar-refractivity contribution < 1.29 is 19.1 Å². The molecule has 0 aromatic carbocycles. The maximum absolute atomic E-state index is 11.9. The van der Waals surface area contributed by atoms with E-state index in [-0.39, 0.29) is 11.9 Å². The Kier molecular flexibility index (Phi) is 32.6. The van der Waals surface area contributed by atoms with Crippen LogP contribution in [0.25, 0.3) is 0 Å². The van der Waals surface area contributed by atoms with Gasteiger partial charge in [-0.25, -0.2) is 0 Å². The lowest BCUT2D eigenvalue weighted by Crippen LogP contribution is -2.10. The van der Waals surface area contributed by atoms with E-state index >= 15 is 0 Å². The third-order valence-electron chi connectivity index (χ3n) is 8.36. The van der Waals surface area contributed by atoms with Crippen LogP contribution in [0.5, 0.6) is 0 Å². The maximum Gasteiger partial charge on any atom is 0.306 e. The van der Waals surface area contributed by atoms with Crippen molar-refractivity contribution in [2.75, 3.05) is 13.2 Å². The molecule has 0 amide bonds. The number of esters is 2. The largest absolute Gasteiger partial charge is 0.466 e. The lowest BCUT2D eigenvalue weighted by atomic mass is 9.98. The second-order valence-corrected chi connectivity index (χ2v) is 12.8. The highest BCUT2D eigenvalue weighted by Gasteiger charge is 2.10. The van der Waals surface area contributed by atoms with Crippen molar-refractivity contribution in [2.45, 2.75) is 207 Å². The van der Waals surface area contributed by atoms with Crippen LogP contribution in [0.4, 0.5) is 0 Å². The normalized spacial score (nSPS) is 12.0. The van der Waals surface area contributed by atoms with Gasteiger partial charge in [-0.15, -0.1) is 0 Å². The summed E-state index contributed by atoms with van der Waals surface area (Å²) in [6, 6.07) is 0. The van der Waals surface area contributed by atoms with E-state index < -0.39 is 0 Å². The minimum absolute atomic E-state index is 0.000765. The predicted molar refractivity (Wildman–Crippen MR) is 176 cm³/mol. The van der Waals surface area contributed by atoms with Crippen LogP contribution in [0.3, 0.4) is 0 Å². The first-order valence-corrected chi connectivity index (χ1v) is 18.4. The van der Waals surface area contributed by atoms with Crippen molar-refractivity contribution in [1.82, 2.24) is 0 Å². The molecule has 1 unspecified atom stereocenters. The molecule has 0 radical (unpaired) electrons. The zero-order valence-electron chi connectivity index (χ0n) is 28.1. The van der Waals surface area contributed by atoms with Gasteiger partial charge >= 0.3 is 11.9 Å². The molecule has 4 heteroatoms. The summed E-state index contributed by atoms with van der Waals surface area (Å²) < 4.78 is 10.7. The van der Waals surface area contributed by atoms with Crippen molar-refractivity contribution in [2.24, 2.45) is 5.92 Å². The number of rotatable bonds is 33. The molecule has 0 aromatic rings. The fraction of sp³-hybridized carbons (Fsp3) is 0.946. The molecule has 41 heavy (non-hydrogen) atoms. The van der Waals surface area contributed by atoms with Gasteiger partial charge in [0.15, 0.2) is 0 Å². The summed E-state index contributed by atoms with van der Waals surface area (Å²) in [6.45, 7) is 7.81. The number of hydrogen-bond donors (Lipinski definition) is 0. The molecule has 0 fully saturated rings. The van der Waals surface area contributed by atoms with Gasteiger partial charge in [-0.3, -0.25) is 9.59 Å². The number of hydrogen-bond acceptors (Lipinski definition) is 4. The summed E-state index contributed by atoms with van der Waals surface area (Å²) in [5.41, 5.74) is 0. The Labute approximate surface area is 256 Å². The van der Waals surface area contributed by atoms with Gasteiger partial charge in [0.25, 0.3) is 0 Å². The smallest absolute Gasteiger partial charge is 0.306 e. The summed E-state index contributed by atoms with van der Waals surface area (Å²) in [6.07, 6.45) is 35.6. The summed E-state index contributed by atoms with van der Waals surface area (Å²) >= 11 is 0. The fourth-order valence-electron chi connectivity index (χ4n) is 5.54. The number of unbranched alkanes of at least 4 members (excludes halogenated alkanes) is 23. The molecular weight excluding hydrogens is 508 g/mol. The Morgan fingerprint density at radius 2 is 0.780 bits per heavy atom. The van der Waals surface area contributed by atoms with E-state index in [9.17, 15) is 9.59 Å². The Bertz CT molecular complexity index is 547. The summed E-state index contributed by atoms with van der Waals surface area (Å²) in [4.78, 5) is 23.6. The van der Waals surface area contributed by atoms with Gasteiger partial charge in [0, 0.05) is 12.8 Å². The van der Waals surface area contributed by atoms with Crippen molar-refractivity contribution in [3.8, 4) is 0 Å². The molecule has 0 aliphatic rings. The Hall–Kier alpha value is -1.06. The lowest BCUT2D eigenvalue weighted by molar-refractivity contribution is -0.145. The standard InChI is InChI=1S/C37H72O4/c1-4-6-8-28-32-40-36(38)31-27-25-23-21-19-17-15-13-11-10-12-14-16-18-20-22-24-26-30-35(3)34-37(39)41-33-29-9-7-5-2/h35H,4-34H2,1-3H3. The van der Waals surface area contributed by atoms with E-state index in [1.807, 2.05) is 0 Å². The monoisotopic (exact) mass is 581 g/mol. The highest BCUT2D eigenvalue weighted by Crippen LogP contribution is 2.17. The molecule has 0 aromatic heterocycles. The van der Waals surface area contributed by atoms with Crippen molar-refractivity contribution >= 4 is 11.9 Å². The van der Waals surface area contributed by atoms with Crippen LogP contribution < -0.4 is 0 Å². The van der Waals surface area contributed by atoms with Crippen molar-refractivity contribution in [3.63, 3.8) is 0 Å². The van der Waals surface area contributed by atoms with Gasteiger partial charge < -0.3 is 9.47 Å². The molecule has 244 valence electrons. The second kappa shape index (κ2) is 33.4. The van der Waals surface area contributed by atoms with Crippen LogP contribution in [0.1, 0.15) is 207 Å². The van der Waals surface area contributed by atoms with E-state index in [0.29, 0.717) is 32.0 Å². The average Bonchev–Trinajstić information content (AvgIpc) is 2.95. The molecule has 0 heterocycles. The minimum Gasteiger partial charge on any atom is -0.466 e. The molecular formula is C37H72O4. The Morgan fingerprint density at radius 1 is 0.439 bits per heavy atom. The van der Waals surface area contributed by atoms with Crippen molar-refractivity contribution in [1.29, 1.82) is 0 Å². The lowest BCUT2D eigenvalue weighted by Gasteiger charge is -2.11. The minimum atomic E-state index is 0.000765. The molecule has 4 nitrogen and oxygen atoms in total. The Balaban J connectivity index is 3.23. The van der Waals surface area contributed by atoms with E-state index in [0.717, 1.165) is 25.7 Å². The van der Waals surface area contributed by atoms with Crippen LogP contribution in [0.2, 0.25) is 0 Å². The third kappa shape index (κ3) is 33.3. The average molecular weight is 581 g/mol. The first kappa shape index (κ1) is 39.9. The van der Waals surface area contributed by atoms with E-state index in [1.54, 1.807) is 0 Å². The summed E-state index contributed by atoms with van der Waals surface area (Å²) in [7, 11) is 0. The molecule has 0 bridgehead atoms. The van der Waals surface area contributed by atoms with Crippen LogP contribution in [-0.2, 0) is 19.1 Å². The topological polar surface area (TPSA) is 52.6 Å². The first-order chi connectivity index (χ1) is 20.1. The number of carbonyl (C=O) groups is 2. The van der Waals surface area contributed by atoms with Gasteiger partial charge in [0.2, 0.25) is 0 Å². The highest BCUT2D eigenvalue weighted by atomic mass is 16.5.